The van der Waals surface area contributed by atoms with E-state index >= 15 is 0 Å². The first-order chi connectivity index (χ1) is 11.7. The van der Waals surface area contributed by atoms with Crippen molar-refractivity contribution in [1.82, 2.24) is 0 Å². The highest BCUT2D eigenvalue weighted by Crippen LogP contribution is 2.24. The molecule has 0 bridgehead atoms. The number of anilines is 2. The molecule has 0 aliphatic carbocycles. The van der Waals surface area contributed by atoms with Crippen LogP contribution in [0.4, 0.5) is 16.2 Å². The molecule has 0 aliphatic rings. The molecule has 0 aromatic heterocycles. The van der Waals surface area contributed by atoms with Crippen LogP contribution in [0.25, 0.3) is 0 Å². The summed E-state index contributed by atoms with van der Waals surface area (Å²) >= 11 is 5.93. The predicted octanol–water partition coefficient (Wildman–Crippen LogP) is 5.88. The second-order valence-corrected chi connectivity index (χ2v) is 7.44. The number of nitrogens with zero attached hydrogens (tertiary/aromatic N) is 1. The maximum absolute atomic E-state index is 12.1. The van der Waals surface area contributed by atoms with Gasteiger partial charge in [-0.25, -0.2) is 4.79 Å². The lowest BCUT2D eigenvalue weighted by molar-refractivity contribution is 0.0589. The van der Waals surface area contributed by atoms with Crippen LogP contribution < -0.4 is 10.2 Å². The smallest absolute Gasteiger partial charge is 0.414 e. The van der Waals surface area contributed by atoms with Crippen LogP contribution in [0.3, 0.4) is 0 Å². The van der Waals surface area contributed by atoms with E-state index in [0.717, 1.165) is 22.0 Å². The lowest BCUT2D eigenvalue weighted by Crippen LogP contribution is -2.34. The Kier molecular flexibility index (Phi) is 5.96. The molecule has 2 aromatic carbocycles. The number of amides is 1. The van der Waals surface area contributed by atoms with Gasteiger partial charge in [0.05, 0.1) is 0 Å². The summed E-state index contributed by atoms with van der Waals surface area (Å²) in [6, 6.07) is 15.6. The fraction of sp³-hybridized carbons (Fsp3) is 0.350. The van der Waals surface area contributed by atoms with Gasteiger partial charge in [-0.3, -0.25) is 4.90 Å². The molecule has 1 amide bonds. The van der Waals surface area contributed by atoms with E-state index in [9.17, 15) is 4.79 Å². The van der Waals surface area contributed by atoms with E-state index < -0.39 is 5.60 Å². The molecule has 0 saturated carbocycles. The molecule has 4 nitrogen and oxygen atoms in total. The van der Waals surface area contributed by atoms with Crippen molar-refractivity contribution >= 4 is 29.1 Å². The quantitative estimate of drug-likeness (QED) is 0.739. The minimum absolute atomic E-state index is 0.145. The van der Waals surface area contributed by atoms with Gasteiger partial charge in [0.1, 0.15) is 5.60 Å². The van der Waals surface area contributed by atoms with E-state index in [4.69, 9.17) is 16.3 Å². The highest BCUT2D eigenvalue weighted by atomic mass is 35.5. The maximum atomic E-state index is 12.1. The third kappa shape index (κ3) is 5.68. The van der Waals surface area contributed by atoms with Crippen molar-refractivity contribution in [1.29, 1.82) is 0 Å². The van der Waals surface area contributed by atoms with Gasteiger partial charge in [0.15, 0.2) is 0 Å². The maximum Gasteiger partial charge on any atom is 0.414 e. The number of carbonyl (C=O) groups excluding carboxylic acids is 1. The van der Waals surface area contributed by atoms with E-state index in [1.165, 1.54) is 4.90 Å². The van der Waals surface area contributed by atoms with Gasteiger partial charge in [-0.2, -0.15) is 0 Å². The Morgan fingerprint density at radius 2 is 1.64 bits per heavy atom. The molecule has 1 N–H and O–H groups in total. The van der Waals surface area contributed by atoms with Gasteiger partial charge in [0.2, 0.25) is 0 Å². The second-order valence-electron chi connectivity index (χ2n) is 7.00. The molecular formula is C20H25ClN2O2. The molecular weight excluding hydrogens is 336 g/mol. The molecule has 1 unspecified atom stereocenters. The van der Waals surface area contributed by atoms with Crippen LogP contribution in [0.5, 0.6) is 0 Å². The number of hydrogen-bond acceptors (Lipinski definition) is 3. The zero-order valence-corrected chi connectivity index (χ0v) is 16.1. The lowest BCUT2D eigenvalue weighted by atomic mass is 10.1. The molecule has 25 heavy (non-hydrogen) atoms. The molecule has 0 radical (unpaired) electrons. The topological polar surface area (TPSA) is 41.6 Å². The van der Waals surface area contributed by atoms with Crippen LogP contribution in [-0.4, -0.2) is 18.7 Å². The standard InChI is InChI=1S/C20H25ClN2O2/c1-14(15-6-8-16(21)9-7-15)22-17-10-12-18(13-11-17)23(5)19(24)25-20(2,3)4/h6-14,22H,1-5H3. The van der Waals surface area contributed by atoms with Crippen molar-refractivity contribution < 1.29 is 9.53 Å². The average molecular weight is 361 g/mol. The Hall–Kier alpha value is -2.20. The van der Waals surface area contributed by atoms with Crippen LogP contribution >= 0.6 is 11.6 Å². The van der Waals surface area contributed by atoms with E-state index in [2.05, 4.69) is 12.2 Å². The molecule has 0 fully saturated rings. The fourth-order valence-electron chi connectivity index (χ4n) is 2.30. The Bertz CT molecular complexity index is 706. The Morgan fingerprint density at radius 1 is 1.08 bits per heavy atom. The predicted molar refractivity (Wildman–Crippen MR) is 105 cm³/mol. The number of rotatable bonds is 4. The first-order valence-corrected chi connectivity index (χ1v) is 8.62. The summed E-state index contributed by atoms with van der Waals surface area (Å²) in [7, 11) is 1.70. The number of hydrogen-bond donors (Lipinski definition) is 1. The van der Waals surface area contributed by atoms with Gasteiger partial charge in [0.25, 0.3) is 0 Å². The molecule has 2 rings (SSSR count). The zero-order valence-electron chi connectivity index (χ0n) is 15.3. The summed E-state index contributed by atoms with van der Waals surface area (Å²) in [5, 5.41) is 4.16. The summed E-state index contributed by atoms with van der Waals surface area (Å²) in [6.45, 7) is 7.64. The van der Waals surface area contributed by atoms with Crippen molar-refractivity contribution in [3.05, 3.63) is 59.1 Å². The van der Waals surface area contributed by atoms with Crippen molar-refractivity contribution in [2.45, 2.75) is 39.3 Å². The Labute approximate surface area is 154 Å². The number of carbonyl (C=O) groups is 1. The highest BCUT2D eigenvalue weighted by molar-refractivity contribution is 6.30. The second kappa shape index (κ2) is 7.79. The molecule has 5 heteroatoms. The summed E-state index contributed by atoms with van der Waals surface area (Å²) in [5.74, 6) is 0. The fourth-order valence-corrected chi connectivity index (χ4v) is 2.43. The third-order valence-corrected chi connectivity index (χ3v) is 3.93. The van der Waals surface area contributed by atoms with Gasteiger partial charge >= 0.3 is 6.09 Å². The summed E-state index contributed by atoms with van der Waals surface area (Å²) in [4.78, 5) is 13.6. The molecule has 0 aliphatic heterocycles. The largest absolute Gasteiger partial charge is 0.443 e. The van der Waals surface area contributed by atoms with Crippen molar-refractivity contribution in [2.24, 2.45) is 0 Å². The molecule has 134 valence electrons. The van der Waals surface area contributed by atoms with E-state index in [1.807, 2.05) is 69.3 Å². The molecule has 1 atom stereocenters. The van der Waals surface area contributed by atoms with E-state index in [1.54, 1.807) is 7.05 Å². The molecule has 0 saturated heterocycles. The van der Waals surface area contributed by atoms with Crippen LogP contribution in [0.1, 0.15) is 39.3 Å². The van der Waals surface area contributed by atoms with Gasteiger partial charge in [0, 0.05) is 29.5 Å². The molecule has 0 heterocycles. The molecule has 0 spiro atoms. The Morgan fingerprint density at radius 3 is 2.16 bits per heavy atom. The Balaban J connectivity index is 2.01. The summed E-state index contributed by atoms with van der Waals surface area (Å²) < 4.78 is 5.38. The third-order valence-electron chi connectivity index (χ3n) is 3.68. The molecule has 2 aromatic rings. The van der Waals surface area contributed by atoms with Crippen molar-refractivity contribution in [3.8, 4) is 0 Å². The van der Waals surface area contributed by atoms with E-state index in [-0.39, 0.29) is 12.1 Å². The van der Waals surface area contributed by atoms with E-state index in [0.29, 0.717) is 0 Å². The SMILES string of the molecule is CC(Nc1ccc(N(C)C(=O)OC(C)(C)C)cc1)c1ccc(Cl)cc1. The number of nitrogens with one attached hydrogen (secondary N) is 1. The summed E-state index contributed by atoms with van der Waals surface area (Å²) in [6.07, 6.45) is -0.372. The van der Waals surface area contributed by atoms with Crippen molar-refractivity contribution in [2.75, 3.05) is 17.3 Å². The van der Waals surface area contributed by atoms with Gasteiger partial charge < -0.3 is 10.1 Å². The average Bonchev–Trinajstić information content (AvgIpc) is 2.54. The van der Waals surface area contributed by atoms with Crippen LogP contribution in [0.2, 0.25) is 5.02 Å². The van der Waals surface area contributed by atoms with Crippen LogP contribution in [0.15, 0.2) is 48.5 Å². The minimum Gasteiger partial charge on any atom is -0.443 e. The van der Waals surface area contributed by atoms with Crippen LogP contribution in [-0.2, 0) is 4.74 Å². The number of benzene rings is 2. The first-order valence-electron chi connectivity index (χ1n) is 8.24. The van der Waals surface area contributed by atoms with Gasteiger partial charge in [-0.15, -0.1) is 0 Å². The first kappa shape index (κ1) is 19.1. The minimum atomic E-state index is -0.513. The number of ether oxygens (including phenoxy) is 1. The van der Waals surface area contributed by atoms with Crippen molar-refractivity contribution in [3.63, 3.8) is 0 Å². The zero-order chi connectivity index (χ0) is 18.6. The van der Waals surface area contributed by atoms with Crippen LogP contribution in [0, 0.1) is 0 Å². The monoisotopic (exact) mass is 360 g/mol. The number of halogens is 1. The van der Waals surface area contributed by atoms with Gasteiger partial charge in [-0.05, 0) is 69.7 Å². The highest BCUT2D eigenvalue weighted by Gasteiger charge is 2.20. The lowest BCUT2D eigenvalue weighted by Gasteiger charge is -2.25. The van der Waals surface area contributed by atoms with Gasteiger partial charge in [-0.1, -0.05) is 23.7 Å². The summed E-state index contributed by atoms with van der Waals surface area (Å²) in [5.41, 5.74) is 2.39. The normalized spacial score (nSPS) is 12.4.